The van der Waals surface area contributed by atoms with Crippen molar-refractivity contribution in [2.24, 2.45) is 18.7 Å². The zero-order valence-corrected chi connectivity index (χ0v) is 12.5. The van der Waals surface area contributed by atoms with Crippen LogP contribution in [0, 0.1) is 5.92 Å². The van der Waals surface area contributed by atoms with Crippen LogP contribution in [0.15, 0.2) is 35.5 Å². The lowest BCUT2D eigenvalue weighted by Crippen LogP contribution is -2.18. The number of benzene rings is 1. The first-order chi connectivity index (χ1) is 9.74. The van der Waals surface area contributed by atoms with Gasteiger partial charge in [-0.15, -0.1) is 10.2 Å². The molecule has 5 heteroatoms. The van der Waals surface area contributed by atoms with Crippen molar-refractivity contribution in [1.82, 2.24) is 14.8 Å². The molecule has 0 radical (unpaired) electrons. The summed E-state index contributed by atoms with van der Waals surface area (Å²) in [6.45, 7) is 0. The molecule has 20 heavy (non-hydrogen) atoms. The zero-order valence-electron chi connectivity index (χ0n) is 11.7. The van der Waals surface area contributed by atoms with Gasteiger partial charge in [-0.1, -0.05) is 42.1 Å². The van der Waals surface area contributed by atoms with Crippen molar-refractivity contribution in [2.45, 2.75) is 30.5 Å². The number of hydrogen-bond donors (Lipinski definition) is 1. The summed E-state index contributed by atoms with van der Waals surface area (Å²) in [7, 11) is 2.01. The van der Waals surface area contributed by atoms with Crippen molar-refractivity contribution in [2.75, 3.05) is 5.75 Å². The molecule has 2 aromatic rings. The molecular formula is C15H20N4S. The second kappa shape index (κ2) is 5.97. The molecule has 1 aliphatic rings. The standard InChI is InChI=1S/C15H20N4S/c1-19-14(13(16)9-11-5-3-2-4-6-11)17-18-15(19)20-10-12-7-8-12/h2-6,12-13H,7-10,16H2,1H3. The normalized spacial score (nSPS) is 16.3. The van der Waals surface area contributed by atoms with Crippen LogP contribution in [-0.4, -0.2) is 20.5 Å². The summed E-state index contributed by atoms with van der Waals surface area (Å²) < 4.78 is 2.04. The van der Waals surface area contributed by atoms with E-state index in [0.29, 0.717) is 0 Å². The summed E-state index contributed by atoms with van der Waals surface area (Å²) in [5.41, 5.74) is 7.51. The Bertz CT molecular complexity index is 563. The Morgan fingerprint density at radius 3 is 2.75 bits per heavy atom. The highest BCUT2D eigenvalue weighted by atomic mass is 32.2. The molecule has 1 aromatic carbocycles. The molecule has 3 rings (SSSR count). The van der Waals surface area contributed by atoms with Crippen LogP contribution in [-0.2, 0) is 13.5 Å². The number of rotatable bonds is 6. The number of hydrogen-bond acceptors (Lipinski definition) is 4. The van der Waals surface area contributed by atoms with Crippen LogP contribution in [0.2, 0.25) is 0 Å². The molecule has 1 fully saturated rings. The van der Waals surface area contributed by atoms with Gasteiger partial charge in [0.15, 0.2) is 11.0 Å². The number of thioether (sulfide) groups is 1. The molecule has 1 aliphatic carbocycles. The fraction of sp³-hybridized carbons (Fsp3) is 0.467. The highest BCUT2D eigenvalue weighted by molar-refractivity contribution is 7.99. The van der Waals surface area contributed by atoms with E-state index in [4.69, 9.17) is 5.73 Å². The van der Waals surface area contributed by atoms with Gasteiger partial charge >= 0.3 is 0 Å². The van der Waals surface area contributed by atoms with Crippen LogP contribution >= 0.6 is 11.8 Å². The summed E-state index contributed by atoms with van der Waals surface area (Å²) in [6.07, 6.45) is 3.52. The highest BCUT2D eigenvalue weighted by Crippen LogP contribution is 2.34. The maximum absolute atomic E-state index is 6.28. The monoisotopic (exact) mass is 288 g/mol. The average molecular weight is 288 g/mol. The van der Waals surface area contributed by atoms with Crippen molar-refractivity contribution in [1.29, 1.82) is 0 Å². The molecule has 1 atom stereocenters. The van der Waals surface area contributed by atoms with Gasteiger partial charge in [0.05, 0.1) is 6.04 Å². The Kier molecular flexibility index (Phi) is 4.08. The average Bonchev–Trinajstić information content (AvgIpc) is 3.21. The summed E-state index contributed by atoms with van der Waals surface area (Å²) in [6, 6.07) is 10.2. The minimum Gasteiger partial charge on any atom is -0.321 e. The van der Waals surface area contributed by atoms with Crippen LogP contribution in [0.1, 0.15) is 30.3 Å². The lowest BCUT2D eigenvalue weighted by molar-refractivity contribution is 0.616. The Hall–Kier alpha value is -1.33. The van der Waals surface area contributed by atoms with Crippen LogP contribution in [0.4, 0.5) is 0 Å². The van der Waals surface area contributed by atoms with E-state index in [2.05, 4.69) is 22.3 Å². The van der Waals surface area contributed by atoms with Gasteiger partial charge in [-0.3, -0.25) is 0 Å². The summed E-state index contributed by atoms with van der Waals surface area (Å²) in [4.78, 5) is 0. The molecule has 1 heterocycles. The molecule has 1 aromatic heterocycles. The third-order valence-corrected chi connectivity index (χ3v) is 4.90. The Balaban J connectivity index is 1.66. The lowest BCUT2D eigenvalue weighted by Gasteiger charge is -2.11. The van der Waals surface area contributed by atoms with Gasteiger partial charge in [0.1, 0.15) is 0 Å². The van der Waals surface area contributed by atoms with Gasteiger partial charge in [-0.2, -0.15) is 0 Å². The second-order valence-electron chi connectivity index (χ2n) is 5.45. The number of nitrogens with zero attached hydrogens (tertiary/aromatic N) is 3. The lowest BCUT2D eigenvalue weighted by atomic mass is 10.1. The third-order valence-electron chi connectivity index (χ3n) is 3.64. The van der Waals surface area contributed by atoms with Crippen LogP contribution in [0.3, 0.4) is 0 Å². The Labute approximate surface area is 123 Å². The maximum atomic E-state index is 6.28. The van der Waals surface area contributed by atoms with Gasteiger partial charge < -0.3 is 10.3 Å². The van der Waals surface area contributed by atoms with E-state index < -0.39 is 0 Å². The van der Waals surface area contributed by atoms with Gasteiger partial charge in [0.25, 0.3) is 0 Å². The van der Waals surface area contributed by atoms with E-state index in [1.165, 1.54) is 18.4 Å². The van der Waals surface area contributed by atoms with Gasteiger partial charge in [0, 0.05) is 12.8 Å². The number of aromatic nitrogens is 3. The molecule has 4 nitrogen and oxygen atoms in total. The van der Waals surface area contributed by atoms with Crippen molar-refractivity contribution in [3.63, 3.8) is 0 Å². The Morgan fingerprint density at radius 2 is 2.05 bits per heavy atom. The van der Waals surface area contributed by atoms with Crippen LogP contribution < -0.4 is 5.73 Å². The summed E-state index contributed by atoms with van der Waals surface area (Å²) >= 11 is 1.80. The first-order valence-corrected chi connectivity index (χ1v) is 8.04. The van der Waals surface area contributed by atoms with E-state index in [0.717, 1.165) is 29.1 Å². The smallest absolute Gasteiger partial charge is 0.191 e. The van der Waals surface area contributed by atoms with Crippen LogP contribution in [0.5, 0.6) is 0 Å². The Morgan fingerprint density at radius 1 is 1.30 bits per heavy atom. The van der Waals surface area contributed by atoms with Gasteiger partial charge in [-0.05, 0) is 30.7 Å². The maximum Gasteiger partial charge on any atom is 0.191 e. The molecule has 1 unspecified atom stereocenters. The van der Waals surface area contributed by atoms with E-state index in [9.17, 15) is 0 Å². The fourth-order valence-corrected chi connectivity index (χ4v) is 3.31. The first-order valence-electron chi connectivity index (χ1n) is 7.05. The molecule has 106 valence electrons. The quantitative estimate of drug-likeness (QED) is 0.830. The predicted molar refractivity (Wildman–Crippen MR) is 81.5 cm³/mol. The molecule has 0 saturated heterocycles. The number of nitrogens with two attached hydrogens (primary N) is 1. The molecule has 0 spiro atoms. The van der Waals surface area contributed by atoms with E-state index in [1.807, 2.05) is 29.8 Å². The van der Waals surface area contributed by atoms with Crippen molar-refractivity contribution >= 4 is 11.8 Å². The molecule has 0 amide bonds. The third kappa shape index (κ3) is 3.22. The highest BCUT2D eigenvalue weighted by Gasteiger charge is 2.23. The minimum absolute atomic E-state index is 0.106. The molecule has 1 saturated carbocycles. The zero-order chi connectivity index (χ0) is 13.9. The molecule has 0 aliphatic heterocycles. The predicted octanol–water partition coefficient (Wildman–Crippen LogP) is 2.56. The van der Waals surface area contributed by atoms with Crippen molar-refractivity contribution < 1.29 is 0 Å². The van der Waals surface area contributed by atoms with E-state index >= 15 is 0 Å². The molecule has 2 N–H and O–H groups in total. The van der Waals surface area contributed by atoms with Crippen molar-refractivity contribution in [3.8, 4) is 0 Å². The summed E-state index contributed by atoms with van der Waals surface area (Å²) in [5, 5.41) is 9.53. The van der Waals surface area contributed by atoms with Gasteiger partial charge in [0.2, 0.25) is 0 Å². The fourth-order valence-electron chi connectivity index (χ4n) is 2.21. The SMILES string of the molecule is Cn1c(SCC2CC2)nnc1C(N)Cc1ccccc1. The minimum atomic E-state index is -0.106. The second-order valence-corrected chi connectivity index (χ2v) is 6.44. The van der Waals surface area contributed by atoms with Crippen LogP contribution in [0.25, 0.3) is 0 Å². The largest absolute Gasteiger partial charge is 0.321 e. The molecular weight excluding hydrogens is 268 g/mol. The molecule has 0 bridgehead atoms. The topological polar surface area (TPSA) is 56.7 Å². The van der Waals surface area contributed by atoms with E-state index in [1.54, 1.807) is 11.8 Å². The first kappa shape index (κ1) is 13.6. The summed E-state index contributed by atoms with van der Waals surface area (Å²) in [5.74, 6) is 2.91. The van der Waals surface area contributed by atoms with Crippen molar-refractivity contribution in [3.05, 3.63) is 41.7 Å². The van der Waals surface area contributed by atoms with Gasteiger partial charge in [-0.25, -0.2) is 0 Å². The van der Waals surface area contributed by atoms with E-state index in [-0.39, 0.29) is 6.04 Å².